The zero-order chi connectivity index (χ0) is 17.0. The van der Waals surface area contributed by atoms with Crippen LogP contribution in [0.3, 0.4) is 0 Å². The second kappa shape index (κ2) is 7.64. The van der Waals surface area contributed by atoms with Gasteiger partial charge >= 0.3 is 0 Å². The van der Waals surface area contributed by atoms with Crippen molar-refractivity contribution < 1.29 is 13.2 Å². The molecule has 1 aromatic rings. The van der Waals surface area contributed by atoms with Crippen molar-refractivity contribution in [1.29, 1.82) is 0 Å². The van der Waals surface area contributed by atoms with Gasteiger partial charge in [0, 0.05) is 25.2 Å². The zero-order valence-corrected chi connectivity index (χ0v) is 15.3. The minimum Gasteiger partial charge on any atom is -0.496 e. The van der Waals surface area contributed by atoms with Gasteiger partial charge in [-0.2, -0.15) is 0 Å². The summed E-state index contributed by atoms with van der Waals surface area (Å²) in [5, 5.41) is 0. The molecule has 0 radical (unpaired) electrons. The Kier molecular flexibility index (Phi) is 6.06. The van der Waals surface area contributed by atoms with Crippen molar-refractivity contribution in [1.82, 2.24) is 9.62 Å². The molecule has 0 bridgehead atoms. The molecule has 0 amide bonds. The van der Waals surface area contributed by atoms with Crippen LogP contribution < -0.4 is 9.46 Å². The van der Waals surface area contributed by atoms with Crippen molar-refractivity contribution in [3.8, 4) is 5.75 Å². The highest BCUT2D eigenvalue weighted by Gasteiger charge is 2.24. The first-order valence-corrected chi connectivity index (χ1v) is 10.0. The fraction of sp³-hybridized carbons (Fsp3) is 0.647. The van der Waals surface area contributed by atoms with Crippen molar-refractivity contribution in [2.24, 2.45) is 5.92 Å². The molecule has 0 unspecified atom stereocenters. The highest BCUT2D eigenvalue weighted by Crippen LogP contribution is 2.27. The molecule has 0 spiro atoms. The third kappa shape index (κ3) is 5.48. The van der Waals surface area contributed by atoms with Crippen LogP contribution >= 0.6 is 0 Å². The van der Waals surface area contributed by atoms with E-state index >= 15 is 0 Å². The van der Waals surface area contributed by atoms with E-state index < -0.39 is 10.0 Å². The fourth-order valence-corrected chi connectivity index (χ4v) is 3.55. The van der Waals surface area contributed by atoms with Gasteiger partial charge in [0.2, 0.25) is 10.0 Å². The third-order valence-corrected chi connectivity index (χ3v) is 5.06. The van der Waals surface area contributed by atoms with Gasteiger partial charge in [0.05, 0.1) is 13.4 Å². The molecule has 6 heteroatoms. The average Bonchev–Trinajstić information content (AvgIpc) is 2.92. The summed E-state index contributed by atoms with van der Waals surface area (Å²) < 4.78 is 30.5. The summed E-state index contributed by atoms with van der Waals surface area (Å²) in [7, 11) is -1.40. The van der Waals surface area contributed by atoms with E-state index in [1.807, 2.05) is 6.07 Å². The lowest BCUT2D eigenvalue weighted by molar-refractivity contribution is 0.308. The predicted octanol–water partition coefficient (Wildman–Crippen LogP) is 2.19. The SMILES string of the molecule is COc1ccc(C(C)C)cc1CN1CC[C@H](CNS(C)(=O)=O)C1. The van der Waals surface area contributed by atoms with Crippen molar-refractivity contribution in [3.63, 3.8) is 0 Å². The number of methoxy groups -OCH3 is 1. The number of likely N-dealkylation sites (tertiary alicyclic amines) is 1. The Bertz CT molecular complexity index is 629. The van der Waals surface area contributed by atoms with Crippen LogP contribution in [-0.2, 0) is 16.6 Å². The third-order valence-electron chi connectivity index (χ3n) is 4.37. The van der Waals surface area contributed by atoms with Gasteiger partial charge in [0.1, 0.15) is 5.75 Å². The molecule has 1 N–H and O–H groups in total. The highest BCUT2D eigenvalue weighted by molar-refractivity contribution is 7.88. The quantitative estimate of drug-likeness (QED) is 0.827. The van der Waals surface area contributed by atoms with E-state index in [0.29, 0.717) is 18.4 Å². The van der Waals surface area contributed by atoms with Crippen LogP contribution in [0.15, 0.2) is 18.2 Å². The van der Waals surface area contributed by atoms with Crippen LogP contribution in [0.2, 0.25) is 0 Å². The Balaban J connectivity index is 1.98. The van der Waals surface area contributed by atoms with Gasteiger partial charge < -0.3 is 4.74 Å². The fourth-order valence-electron chi connectivity index (χ4n) is 3.01. The summed E-state index contributed by atoms with van der Waals surface area (Å²) in [5.74, 6) is 1.79. The molecule has 0 aromatic heterocycles. The van der Waals surface area contributed by atoms with Crippen LogP contribution in [0.5, 0.6) is 5.75 Å². The standard InChI is InChI=1S/C17H28N2O3S/c1-13(2)15-5-6-17(22-3)16(9-15)12-19-8-7-14(11-19)10-18-23(4,20)21/h5-6,9,13-14,18H,7-8,10-12H2,1-4H3/t14-/m1/s1. The number of sulfonamides is 1. The molecular weight excluding hydrogens is 312 g/mol. The van der Waals surface area contributed by atoms with Gasteiger partial charge in [-0.1, -0.05) is 26.0 Å². The lowest BCUT2D eigenvalue weighted by Gasteiger charge is -2.19. The molecule has 1 aliphatic heterocycles. The molecule has 23 heavy (non-hydrogen) atoms. The Labute approximate surface area is 140 Å². The molecule has 1 heterocycles. The molecule has 5 nitrogen and oxygen atoms in total. The van der Waals surface area contributed by atoms with Crippen LogP contribution in [0.25, 0.3) is 0 Å². The van der Waals surface area contributed by atoms with Crippen LogP contribution in [0.4, 0.5) is 0 Å². The van der Waals surface area contributed by atoms with E-state index in [0.717, 1.165) is 31.8 Å². The van der Waals surface area contributed by atoms with Crippen molar-refractivity contribution in [2.75, 3.05) is 33.0 Å². The maximum absolute atomic E-state index is 11.2. The number of rotatable bonds is 7. The minimum atomic E-state index is -3.10. The Morgan fingerprint density at radius 1 is 1.39 bits per heavy atom. The summed E-state index contributed by atoms with van der Waals surface area (Å²) >= 11 is 0. The first kappa shape index (κ1) is 18.2. The predicted molar refractivity (Wildman–Crippen MR) is 93.3 cm³/mol. The molecule has 1 fully saturated rings. The van der Waals surface area contributed by atoms with Crippen molar-refractivity contribution in [3.05, 3.63) is 29.3 Å². The Morgan fingerprint density at radius 2 is 2.13 bits per heavy atom. The molecule has 1 aromatic carbocycles. The monoisotopic (exact) mass is 340 g/mol. The topological polar surface area (TPSA) is 58.6 Å². The highest BCUT2D eigenvalue weighted by atomic mass is 32.2. The summed E-state index contributed by atoms with van der Waals surface area (Å²) in [4.78, 5) is 2.37. The molecule has 1 aliphatic rings. The first-order valence-electron chi connectivity index (χ1n) is 8.12. The summed E-state index contributed by atoms with van der Waals surface area (Å²) in [5.41, 5.74) is 2.52. The lowest BCUT2D eigenvalue weighted by Crippen LogP contribution is -2.30. The second-order valence-corrected chi connectivity index (χ2v) is 8.57. The molecule has 0 saturated carbocycles. The largest absolute Gasteiger partial charge is 0.496 e. The van der Waals surface area contributed by atoms with Crippen molar-refractivity contribution in [2.45, 2.75) is 32.7 Å². The number of nitrogens with zero attached hydrogens (tertiary/aromatic N) is 1. The van der Waals surface area contributed by atoms with Gasteiger partial charge in [0.15, 0.2) is 0 Å². The molecule has 130 valence electrons. The summed E-state index contributed by atoms with van der Waals surface area (Å²) in [6.45, 7) is 7.66. The molecule has 1 atom stereocenters. The van der Waals surface area contributed by atoms with E-state index in [2.05, 4.69) is 35.6 Å². The molecule has 2 rings (SSSR count). The van der Waals surface area contributed by atoms with Crippen molar-refractivity contribution >= 4 is 10.0 Å². The maximum atomic E-state index is 11.2. The minimum absolute atomic E-state index is 0.379. The smallest absolute Gasteiger partial charge is 0.208 e. The summed E-state index contributed by atoms with van der Waals surface area (Å²) in [6, 6.07) is 6.39. The van der Waals surface area contributed by atoms with E-state index in [-0.39, 0.29) is 0 Å². The Hall–Kier alpha value is -1.11. The van der Waals surface area contributed by atoms with Crippen LogP contribution in [-0.4, -0.2) is 46.3 Å². The molecule has 0 aliphatic carbocycles. The van der Waals surface area contributed by atoms with Crippen LogP contribution in [0.1, 0.15) is 37.3 Å². The number of ether oxygens (including phenoxy) is 1. The summed E-state index contributed by atoms with van der Waals surface area (Å²) in [6.07, 6.45) is 2.23. The normalized spacial score (nSPS) is 19.4. The number of hydrogen-bond donors (Lipinski definition) is 1. The van der Waals surface area contributed by atoms with Gasteiger partial charge in [-0.05, 0) is 36.4 Å². The maximum Gasteiger partial charge on any atom is 0.208 e. The van der Waals surface area contributed by atoms with Gasteiger partial charge in [-0.25, -0.2) is 13.1 Å². The van der Waals surface area contributed by atoms with Gasteiger partial charge in [0.25, 0.3) is 0 Å². The number of nitrogens with one attached hydrogen (secondary N) is 1. The van der Waals surface area contributed by atoms with Gasteiger partial charge in [-0.3, -0.25) is 4.90 Å². The molecule has 1 saturated heterocycles. The van der Waals surface area contributed by atoms with E-state index in [1.54, 1.807) is 7.11 Å². The average molecular weight is 340 g/mol. The van der Waals surface area contributed by atoms with E-state index in [1.165, 1.54) is 17.4 Å². The number of hydrogen-bond acceptors (Lipinski definition) is 4. The molecular formula is C17H28N2O3S. The van der Waals surface area contributed by atoms with Gasteiger partial charge in [-0.15, -0.1) is 0 Å². The van der Waals surface area contributed by atoms with E-state index in [9.17, 15) is 8.42 Å². The number of benzene rings is 1. The Morgan fingerprint density at radius 3 is 2.74 bits per heavy atom. The zero-order valence-electron chi connectivity index (χ0n) is 14.5. The van der Waals surface area contributed by atoms with E-state index in [4.69, 9.17) is 4.74 Å². The second-order valence-electron chi connectivity index (χ2n) is 6.74. The first-order chi connectivity index (χ1) is 10.8. The van der Waals surface area contributed by atoms with Crippen LogP contribution in [0, 0.1) is 5.92 Å². The lowest BCUT2D eigenvalue weighted by atomic mass is 10.00.